The Kier molecular flexibility index (Phi) is 18.5. The normalized spacial score (nSPS) is 16.2. The maximum absolute atomic E-state index is 2.63. The monoisotopic (exact) mass is 420 g/mol. The second-order valence-electron chi connectivity index (χ2n) is 9.70. The standard InChI is InChI=1S/C28H56N2/c1-4-7-9-11-12-13-14-15-16-17-18-20-22-25-30-27-26-29(28(30)23-6-3)24-21-19-10-8-5-2/h26-28H,4-25H2,1-3H3. The second-order valence-corrected chi connectivity index (χ2v) is 9.70. The summed E-state index contributed by atoms with van der Waals surface area (Å²) in [6.45, 7) is 9.44. The van der Waals surface area contributed by atoms with Crippen LogP contribution >= 0.6 is 0 Å². The minimum atomic E-state index is 0.638. The highest BCUT2D eigenvalue weighted by Crippen LogP contribution is 2.22. The summed E-state index contributed by atoms with van der Waals surface area (Å²) in [4.78, 5) is 5.26. The van der Waals surface area contributed by atoms with Crippen molar-refractivity contribution in [3.8, 4) is 0 Å². The first-order chi connectivity index (χ1) is 14.8. The third-order valence-corrected chi connectivity index (χ3v) is 6.80. The van der Waals surface area contributed by atoms with Crippen molar-refractivity contribution >= 4 is 0 Å². The van der Waals surface area contributed by atoms with Crippen molar-refractivity contribution in [3.63, 3.8) is 0 Å². The molecule has 0 aromatic heterocycles. The molecule has 0 saturated carbocycles. The van der Waals surface area contributed by atoms with E-state index in [9.17, 15) is 0 Å². The van der Waals surface area contributed by atoms with Gasteiger partial charge in [-0.25, -0.2) is 0 Å². The number of unbranched alkanes of at least 4 members (excludes halogenated alkanes) is 16. The van der Waals surface area contributed by atoms with Gasteiger partial charge in [-0.1, -0.05) is 130 Å². The van der Waals surface area contributed by atoms with E-state index in [0.717, 1.165) is 0 Å². The zero-order valence-corrected chi connectivity index (χ0v) is 21.2. The lowest BCUT2D eigenvalue weighted by Crippen LogP contribution is -2.39. The van der Waals surface area contributed by atoms with Gasteiger partial charge in [-0.3, -0.25) is 0 Å². The summed E-state index contributed by atoms with van der Waals surface area (Å²) in [6.07, 6.45) is 33.6. The Morgan fingerprint density at radius 2 is 0.767 bits per heavy atom. The van der Waals surface area contributed by atoms with Gasteiger partial charge in [-0.15, -0.1) is 0 Å². The summed E-state index contributed by atoms with van der Waals surface area (Å²) in [5.74, 6) is 0. The maximum Gasteiger partial charge on any atom is 0.101 e. The lowest BCUT2D eigenvalue weighted by molar-refractivity contribution is 0.138. The molecule has 1 aliphatic heterocycles. The summed E-state index contributed by atoms with van der Waals surface area (Å²) in [5, 5.41) is 0. The molecule has 2 nitrogen and oxygen atoms in total. The van der Waals surface area contributed by atoms with Crippen LogP contribution in [0.4, 0.5) is 0 Å². The topological polar surface area (TPSA) is 6.48 Å². The third-order valence-electron chi connectivity index (χ3n) is 6.80. The van der Waals surface area contributed by atoms with Crippen LogP contribution in [-0.2, 0) is 0 Å². The van der Waals surface area contributed by atoms with Crippen LogP contribution in [-0.4, -0.2) is 29.1 Å². The van der Waals surface area contributed by atoms with E-state index < -0.39 is 0 Å². The molecular formula is C28H56N2. The van der Waals surface area contributed by atoms with Gasteiger partial charge in [0.15, 0.2) is 0 Å². The van der Waals surface area contributed by atoms with Crippen LogP contribution in [0, 0.1) is 0 Å². The van der Waals surface area contributed by atoms with Crippen LogP contribution in [0.15, 0.2) is 12.4 Å². The van der Waals surface area contributed by atoms with E-state index in [1.807, 2.05) is 0 Å². The molecule has 2 heteroatoms. The summed E-state index contributed by atoms with van der Waals surface area (Å²) in [6, 6.07) is 0. The van der Waals surface area contributed by atoms with Crippen LogP contribution in [0.25, 0.3) is 0 Å². The van der Waals surface area contributed by atoms with Crippen molar-refractivity contribution in [3.05, 3.63) is 12.4 Å². The predicted octanol–water partition coefficient (Wildman–Crippen LogP) is 9.26. The van der Waals surface area contributed by atoms with E-state index in [2.05, 4.69) is 43.0 Å². The fourth-order valence-electron chi connectivity index (χ4n) is 4.81. The first-order valence-corrected chi connectivity index (χ1v) is 14.0. The Hall–Kier alpha value is -0.660. The molecule has 1 unspecified atom stereocenters. The minimum Gasteiger partial charge on any atom is -0.356 e. The van der Waals surface area contributed by atoms with Gasteiger partial charge in [0.25, 0.3) is 0 Å². The molecule has 1 atom stereocenters. The molecule has 0 aromatic rings. The maximum atomic E-state index is 2.63. The molecule has 30 heavy (non-hydrogen) atoms. The average molecular weight is 421 g/mol. The van der Waals surface area contributed by atoms with E-state index >= 15 is 0 Å². The largest absolute Gasteiger partial charge is 0.356 e. The molecule has 0 aliphatic carbocycles. The van der Waals surface area contributed by atoms with Gasteiger partial charge in [0.05, 0.1) is 0 Å². The lowest BCUT2D eigenvalue weighted by atomic mass is 10.0. The van der Waals surface area contributed by atoms with E-state index in [1.54, 1.807) is 0 Å². The fourth-order valence-corrected chi connectivity index (χ4v) is 4.81. The zero-order chi connectivity index (χ0) is 21.7. The minimum absolute atomic E-state index is 0.638. The molecule has 178 valence electrons. The molecule has 0 amide bonds. The van der Waals surface area contributed by atoms with E-state index in [-0.39, 0.29) is 0 Å². The van der Waals surface area contributed by atoms with Crippen molar-refractivity contribution < 1.29 is 0 Å². The summed E-state index contributed by atoms with van der Waals surface area (Å²) >= 11 is 0. The average Bonchev–Trinajstić information content (AvgIpc) is 3.13. The number of nitrogens with zero attached hydrogens (tertiary/aromatic N) is 2. The Bertz CT molecular complexity index is 379. The van der Waals surface area contributed by atoms with Crippen LogP contribution in [0.2, 0.25) is 0 Å². The summed E-state index contributed by atoms with van der Waals surface area (Å²) in [7, 11) is 0. The molecule has 0 saturated heterocycles. The molecule has 0 bridgehead atoms. The zero-order valence-electron chi connectivity index (χ0n) is 21.2. The van der Waals surface area contributed by atoms with Crippen molar-refractivity contribution in [1.29, 1.82) is 0 Å². The summed E-state index contributed by atoms with van der Waals surface area (Å²) in [5.41, 5.74) is 0. The van der Waals surface area contributed by atoms with Gasteiger partial charge >= 0.3 is 0 Å². The number of rotatable bonds is 22. The molecular weight excluding hydrogens is 364 g/mol. The van der Waals surface area contributed by atoms with Crippen LogP contribution < -0.4 is 0 Å². The Morgan fingerprint density at radius 1 is 0.433 bits per heavy atom. The lowest BCUT2D eigenvalue weighted by Gasteiger charge is -2.33. The van der Waals surface area contributed by atoms with Gasteiger partial charge in [-0.2, -0.15) is 0 Å². The van der Waals surface area contributed by atoms with Crippen LogP contribution in [0.5, 0.6) is 0 Å². The Morgan fingerprint density at radius 3 is 1.10 bits per heavy atom. The van der Waals surface area contributed by atoms with E-state index in [4.69, 9.17) is 0 Å². The van der Waals surface area contributed by atoms with Crippen LogP contribution in [0.3, 0.4) is 0 Å². The van der Waals surface area contributed by atoms with Gasteiger partial charge in [-0.05, 0) is 19.3 Å². The van der Waals surface area contributed by atoms with Gasteiger partial charge in [0.1, 0.15) is 6.17 Å². The highest BCUT2D eigenvalue weighted by molar-refractivity contribution is 4.96. The first-order valence-electron chi connectivity index (χ1n) is 14.0. The molecule has 0 aromatic carbocycles. The third kappa shape index (κ3) is 13.6. The number of hydrogen-bond donors (Lipinski definition) is 0. The Balaban J connectivity index is 2.00. The quantitative estimate of drug-likeness (QED) is 0.161. The highest BCUT2D eigenvalue weighted by Gasteiger charge is 2.24. The van der Waals surface area contributed by atoms with Crippen molar-refractivity contribution in [1.82, 2.24) is 9.80 Å². The van der Waals surface area contributed by atoms with Crippen molar-refractivity contribution in [2.75, 3.05) is 13.1 Å². The number of hydrogen-bond acceptors (Lipinski definition) is 2. The molecule has 0 spiro atoms. The first kappa shape index (κ1) is 27.4. The summed E-state index contributed by atoms with van der Waals surface area (Å²) < 4.78 is 0. The van der Waals surface area contributed by atoms with E-state index in [1.165, 1.54) is 142 Å². The molecule has 1 aliphatic rings. The van der Waals surface area contributed by atoms with Gasteiger partial charge in [0.2, 0.25) is 0 Å². The van der Waals surface area contributed by atoms with Gasteiger partial charge < -0.3 is 9.80 Å². The molecule has 0 fully saturated rings. The molecule has 1 rings (SSSR count). The van der Waals surface area contributed by atoms with Crippen LogP contribution in [0.1, 0.15) is 149 Å². The molecule has 0 radical (unpaired) electrons. The van der Waals surface area contributed by atoms with Gasteiger partial charge in [0, 0.05) is 25.5 Å². The smallest absolute Gasteiger partial charge is 0.101 e. The second kappa shape index (κ2) is 20.3. The molecule has 0 N–H and O–H groups in total. The van der Waals surface area contributed by atoms with E-state index in [0.29, 0.717) is 6.17 Å². The predicted molar refractivity (Wildman–Crippen MR) is 136 cm³/mol. The molecule has 1 heterocycles. The van der Waals surface area contributed by atoms with Crippen molar-refractivity contribution in [2.45, 2.75) is 155 Å². The SMILES string of the molecule is CCCCCCCCCCCCCCCN1C=CN(CCCCCCC)C1CCC. The highest BCUT2D eigenvalue weighted by atomic mass is 15.4. The Labute approximate surface area is 190 Å². The fraction of sp³-hybridized carbons (Fsp3) is 0.929. The van der Waals surface area contributed by atoms with Crippen molar-refractivity contribution in [2.24, 2.45) is 0 Å².